The molecule has 6 N–H and O–H groups in total. The molecule has 11 nitrogen and oxygen atoms in total. The summed E-state index contributed by atoms with van der Waals surface area (Å²) < 4.78 is 0. The van der Waals surface area contributed by atoms with Crippen molar-refractivity contribution in [3.05, 3.63) is 10.1 Å². The van der Waals surface area contributed by atoms with Crippen molar-refractivity contribution < 1.29 is 24.7 Å². The molecule has 1 aliphatic rings. The predicted octanol–water partition coefficient (Wildman–Crippen LogP) is -0.219. The molecule has 1 amide bonds. The van der Waals surface area contributed by atoms with E-state index in [1.54, 1.807) is 5.43 Å². The zero-order valence-electron chi connectivity index (χ0n) is 17.3. The van der Waals surface area contributed by atoms with Gasteiger partial charge in [0, 0.05) is 24.3 Å². The summed E-state index contributed by atoms with van der Waals surface area (Å²) in [6.45, 7) is 5.83. The topological polar surface area (TPSA) is 180 Å². The number of hydrogen-bond donors (Lipinski definition) is 5. The van der Waals surface area contributed by atoms with E-state index in [1.165, 1.54) is 0 Å². The number of Topliss-reactive ketones (excluding diaryl/α,β-unsaturated/α-hetero) is 1. The third-order valence-electron chi connectivity index (χ3n) is 5.09. The van der Waals surface area contributed by atoms with Crippen molar-refractivity contribution in [3.8, 4) is 0 Å². The molecule has 0 aromatic rings. The maximum atomic E-state index is 12.7. The van der Waals surface area contributed by atoms with Gasteiger partial charge < -0.3 is 21.1 Å². The van der Waals surface area contributed by atoms with Crippen LogP contribution in [0.15, 0.2) is 4.99 Å². The van der Waals surface area contributed by atoms with Crippen molar-refractivity contribution in [2.24, 2.45) is 28.0 Å². The molecular formula is C17H32BN5O6. The lowest BCUT2D eigenvalue weighted by molar-refractivity contribution is -0.525. The normalized spacial score (nSPS) is 17.4. The Morgan fingerprint density at radius 2 is 1.97 bits per heavy atom. The molecule has 1 saturated carbocycles. The van der Waals surface area contributed by atoms with E-state index >= 15 is 0 Å². The third kappa shape index (κ3) is 9.22. The molecule has 0 heterocycles. The number of hydrazine groups is 1. The SMILES string of the molecule is CC(C)C[C@H](NC(=O)[C@H](CCCN=C(N)N[N+](=O)[O-])CC(=O)C1(C)CC1)B(O)O. The van der Waals surface area contributed by atoms with E-state index in [9.17, 15) is 29.8 Å². The Morgan fingerprint density at radius 1 is 1.34 bits per heavy atom. The average molecular weight is 413 g/mol. The fourth-order valence-corrected chi connectivity index (χ4v) is 2.99. The molecule has 1 rings (SSSR count). The highest BCUT2D eigenvalue weighted by atomic mass is 16.7. The fraction of sp³-hybridized carbons (Fsp3) is 0.824. The summed E-state index contributed by atoms with van der Waals surface area (Å²) in [4.78, 5) is 39.3. The van der Waals surface area contributed by atoms with E-state index in [1.807, 2.05) is 20.8 Å². The van der Waals surface area contributed by atoms with Gasteiger partial charge in [-0.1, -0.05) is 26.2 Å². The van der Waals surface area contributed by atoms with Crippen LogP contribution in [-0.2, 0) is 9.59 Å². The first-order chi connectivity index (χ1) is 13.4. The summed E-state index contributed by atoms with van der Waals surface area (Å²) in [5.74, 6) is -2.07. The number of ketones is 1. The van der Waals surface area contributed by atoms with Crippen molar-refractivity contribution in [2.75, 3.05) is 6.54 Å². The molecule has 1 aliphatic carbocycles. The highest BCUT2D eigenvalue weighted by Crippen LogP contribution is 2.47. The molecule has 0 spiro atoms. The van der Waals surface area contributed by atoms with Crippen molar-refractivity contribution in [2.45, 2.75) is 65.2 Å². The summed E-state index contributed by atoms with van der Waals surface area (Å²) in [7, 11) is -1.70. The van der Waals surface area contributed by atoms with Crippen LogP contribution >= 0.6 is 0 Å². The molecule has 2 atom stereocenters. The minimum absolute atomic E-state index is 0.0145. The summed E-state index contributed by atoms with van der Waals surface area (Å²) >= 11 is 0. The van der Waals surface area contributed by atoms with Gasteiger partial charge in [-0.05, 0) is 38.0 Å². The van der Waals surface area contributed by atoms with Crippen LogP contribution in [0.5, 0.6) is 0 Å². The zero-order chi connectivity index (χ0) is 22.2. The van der Waals surface area contributed by atoms with Gasteiger partial charge in [0.05, 0.1) is 5.94 Å². The smallest absolute Gasteiger partial charge is 0.426 e. The lowest BCUT2D eigenvalue weighted by atomic mass is 9.74. The van der Waals surface area contributed by atoms with Crippen LogP contribution in [0.2, 0.25) is 0 Å². The number of nitrogens with two attached hydrogens (primary N) is 1. The molecule has 12 heteroatoms. The second-order valence-electron chi connectivity index (χ2n) is 8.32. The van der Waals surface area contributed by atoms with E-state index in [2.05, 4.69) is 10.3 Å². The second kappa shape index (κ2) is 11.1. The van der Waals surface area contributed by atoms with E-state index in [0.717, 1.165) is 12.8 Å². The summed E-state index contributed by atoms with van der Waals surface area (Å²) in [6.07, 6.45) is 2.76. The molecule has 0 saturated heterocycles. The Labute approximate surface area is 170 Å². The molecule has 0 aromatic heterocycles. The number of nitrogens with one attached hydrogen (secondary N) is 2. The van der Waals surface area contributed by atoms with Crippen molar-refractivity contribution in [1.29, 1.82) is 0 Å². The van der Waals surface area contributed by atoms with Crippen molar-refractivity contribution in [3.63, 3.8) is 0 Å². The number of aliphatic imine (C=N–C) groups is 1. The first kappa shape index (κ1) is 24.8. The monoisotopic (exact) mass is 413 g/mol. The minimum atomic E-state index is -1.70. The molecule has 0 unspecified atom stereocenters. The van der Waals surface area contributed by atoms with Gasteiger partial charge >= 0.3 is 7.12 Å². The van der Waals surface area contributed by atoms with Gasteiger partial charge in [0.15, 0.2) is 5.03 Å². The third-order valence-corrected chi connectivity index (χ3v) is 5.09. The maximum absolute atomic E-state index is 12.7. The number of rotatable bonds is 13. The van der Waals surface area contributed by atoms with E-state index < -0.39 is 29.9 Å². The predicted molar refractivity (Wildman–Crippen MR) is 108 cm³/mol. The summed E-state index contributed by atoms with van der Waals surface area (Å²) in [5, 5.41) is 31.2. The van der Waals surface area contributed by atoms with Crippen LogP contribution in [0, 0.1) is 27.4 Å². The Hall–Kier alpha value is -2.21. The Bertz CT molecular complexity index is 623. The van der Waals surface area contributed by atoms with Crippen molar-refractivity contribution >= 4 is 24.8 Å². The molecule has 0 aliphatic heterocycles. The quantitative estimate of drug-likeness (QED) is 0.0686. The largest absolute Gasteiger partial charge is 0.475 e. The molecule has 164 valence electrons. The van der Waals surface area contributed by atoms with Gasteiger partial charge in [0.1, 0.15) is 5.78 Å². The lowest BCUT2D eigenvalue weighted by Crippen LogP contribution is -2.49. The highest BCUT2D eigenvalue weighted by Gasteiger charge is 2.45. The van der Waals surface area contributed by atoms with E-state index in [0.29, 0.717) is 19.3 Å². The van der Waals surface area contributed by atoms with Gasteiger partial charge in [-0.15, -0.1) is 0 Å². The van der Waals surface area contributed by atoms with Gasteiger partial charge in [-0.25, -0.2) is 15.1 Å². The first-order valence-electron chi connectivity index (χ1n) is 9.85. The Balaban J connectivity index is 2.72. The number of hydrogen-bond acceptors (Lipinski definition) is 7. The van der Waals surface area contributed by atoms with Crippen molar-refractivity contribution in [1.82, 2.24) is 10.7 Å². The second-order valence-corrected chi connectivity index (χ2v) is 8.32. The number of guanidine groups is 1. The number of nitrogens with zero attached hydrogens (tertiary/aromatic N) is 2. The lowest BCUT2D eigenvalue weighted by Gasteiger charge is -2.24. The fourth-order valence-electron chi connectivity index (χ4n) is 2.99. The molecule has 0 aromatic carbocycles. The van der Waals surface area contributed by atoms with Crippen LogP contribution in [0.25, 0.3) is 0 Å². The molecule has 1 fully saturated rings. The van der Waals surface area contributed by atoms with E-state index in [4.69, 9.17) is 5.73 Å². The average Bonchev–Trinajstić information content (AvgIpc) is 3.34. The molecule has 0 bridgehead atoms. The van der Waals surface area contributed by atoms with Gasteiger partial charge in [-0.2, -0.15) is 0 Å². The first-order valence-corrected chi connectivity index (χ1v) is 9.85. The van der Waals surface area contributed by atoms with Gasteiger partial charge in [0.25, 0.3) is 5.96 Å². The number of nitro groups is 1. The zero-order valence-corrected chi connectivity index (χ0v) is 17.3. The van der Waals surface area contributed by atoms with Gasteiger partial charge in [0.2, 0.25) is 5.91 Å². The molecule has 29 heavy (non-hydrogen) atoms. The Morgan fingerprint density at radius 3 is 2.45 bits per heavy atom. The van der Waals surface area contributed by atoms with Crippen LogP contribution in [0.4, 0.5) is 0 Å². The number of carbonyl (C=O) groups is 2. The number of amides is 1. The minimum Gasteiger partial charge on any atom is -0.426 e. The van der Waals surface area contributed by atoms with E-state index in [-0.39, 0.29) is 36.0 Å². The molecular weight excluding hydrogens is 381 g/mol. The van der Waals surface area contributed by atoms with Crippen LogP contribution in [-0.4, -0.2) is 52.3 Å². The van der Waals surface area contributed by atoms with Crippen LogP contribution < -0.4 is 16.5 Å². The van der Waals surface area contributed by atoms with Crippen LogP contribution in [0.1, 0.15) is 59.3 Å². The Kier molecular flexibility index (Phi) is 9.51. The highest BCUT2D eigenvalue weighted by molar-refractivity contribution is 6.43. The summed E-state index contributed by atoms with van der Waals surface area (Å²) in [6, 6.07) is 0. The van der Waals surface area contributed by atoms with Gasteiger partial charge in [-0.3, -0.25) is 9.59 Å². The standard InChI is InChI=1S/C17H32BN5O6/c1-11(2)9-14(18(26)27)21-15(25)12(10-13(24)17(3)6-7-17)5-4-8-20-16(19)22-23(28)29/h11-12,14,26-27H,4-10H2,1-3H3,(H,21,25)(H3,19,20,22)/t12-,14+/m1/s1. The molecule has 0 radical (unpaired) electrons. The maximum Gasteiger partial charge on any atom is 0.475 e. The van der Waals surface area contributed by atoms with Crippen LogP contribution in [0.3, 0.4) is 0 Å². The number of carbonyl (C=O) groups excluding carboxylic acids is 2. The summed E-state index contributed by atoms with van der Waals surface area (Å²) in [5.41, 5.74) is 6.71.